The first kappa shape index (κ1) is 22.5. The first-order valence-electron chi connectivity index (χ1n) is 11.9. The first-order valence-corrected chi connectivity index (χ1v) is 13.5. The maximum absolute atomic E-state index is 6.99. The summed E-state index contributed by atoms with van der Waals surface area (Å²) in [6.45, 7) is 9.87. The average molecular weight is 467 g/mol. The van der Waals surface area contributed by atoms with Crippen LogP contribution in [-0.2, 0) is 6.54 Å². The van der Waals surface area contributed by atoms with E-state index in [2.05, 4.69) is 86.9 Å². The third-order valence-corrected chi connectivity index (χ3v) is 10.1. The molecular formula is C30H31N2OP. The van der Waals surface area contributed by atoms with Crippen LogP contribution >= 0.6 is 7.28 Å². The van der Waals surface area contributed by atoms with Gasteiger partial charge in [-0.15, -0.1) is 0 Å². The van der Waals surface area contributed by atoms with Gasteiger partial charge in [0.05, 0.1) is 5.69 Å². The molecule has 3 nitrogen and oxygen atoms in total. The van der Waals surface area contributed by atoms with Crippen LogP contribution in [0.25, 0.3) is 21.8 Å². The number of aromatic nitrogens is 1. The monoisotopic (exact) mass is 466 g/mol. The summed E-state index contributed by atoms with van der Waals surface area (Å²) < 4.78 is 14.8. The molecule has 0 aliphatic rings. The number of aryl methyl sites for hydroxylation is 1. The van der Waals surface area contributed by atoms with Crippen LogP contribution in [0, 0.1) is 0 Å². The second-order valence-electron chi connectivity index (χ2n) is 9.55. The molecular weight excluding hydrogens is 435 g/mol. The number of fused-ring (bicyclic) bond motifs is 3. The van der Waals surface area contributed by atoms with Crippen LogP contribution in [0.5, 0.6) is 5.75 Å². The van der Waals surface area contributed by atoms with Crippen LogP contribution in [-0.4, -0.2) is 9.72 Å². The Balaban J connectivity index is 1.84. The van der Waals surface area contributed by atoms with E-state index < -0.39 is 7.28 Å². The lowest BCUT2D eigenvalue weighted by Crippen LogP contribution is -2.27. The molecule has 0 N–H and O–H groups in total. The van der Waals surface area contributed by atoms with Crippen molar-refractivity contribution in [1.29, 1.82) is 0 Å². The van der Waals surface area contributed by atoms with Gasteiger partial charge in [-0.2, -0.15) is 0 Å². The van der Waals surface area contributed by atoms with Crippen molar-refractivity contribution >= 4 is 40.1 Å². The summed E-state index contributed by atoms with van der Waals surface area (Å²) in [5.74, 6) is 0.849. The number of hydrogen-bond acceptors (Lipinski definition) is 2. The largest absolute Gasteiger partial charge is 0.455 e. The van der Waals surface area contributed by atoms with Gasteiger partial charge in [0, 0.05) is 38.8 Å². The van der Waals surface area contributed by atoms with Crippen LogP contribution in [0.2, 0.25) is 0 Å². The van der Waals surface area contributed by atoms with E-state index in [0.717, 1.165) is 23.3 Å². The van der Waals surface area contributed by atoms with E-state index in [1.807, 2.05) is 48.5 Å². The van der Waals surface area contributed by atoms with Gasteiger partial charge in [-0.05, 0) is 55.5 Å². The Morgan fingerprint density at radius 3 is 2.03 bits per heavy atom. The maximum atomic E-state index is 6.99. The van der Waals surface area contributed by atoms with Crippen LogP contribution in [0.15, 0.2) is 108 Å². The van der Waals surface area contributed by atoms with E-state index >= 15 is 0 Å². The number of para-hydroxylation sites is 2. The summed E-state index contributed by atoms with van der Waals surface area (Å²) in [6, 6.07) is 35.8. The van der Waals surface area contributed by atoms with Crippen LogP contribution in [0.4, 0.5) is 5.69 Å². The number of rotatable bonds is 5. The molecule has 0 bridgehead atoms. The molecule has 0 saturated heterocycles. The Morgan fingerprint density at radius 1 is 0.735 bits per heavy atom. The average Bonchev–Trinajstić information content (AvgIpc) is 3.17. The van der Waals surface area contributed by atoms with Gasteiger partial charge in [0.2, 0.25) is 0 Å². The predicted molar refractivity (Wildman–Crippen MR) is 147 cm³/mol. The quantitative estimate of drug-likeness (QED) is 0.238. The first-order chi connectivity index (χ1) is 16.4. The molecule has 1 aromatic heterocycles. The smallest absolute Gasteiger partial charge is 0.173 e. The molecule has 0 aliphatic heterocycles. The molecule has 0 fully saturated rings. The van der Waals surface area contributed by atoms with Gasteiger partial charge in [0.15, 0.2) is 7.28 Å². The summed E-state index contributed by atoms with van der Waals surface area (Å²) in [7, 11) is -2.54. The van der Waals surface area contributed by atoms with Gasteiger partial charge < -0.3 is 9.09 Å². The molecule has 0 spiro atoms. The molecule has 4 aromatic carbocycles. The SMILES string of the molecule is CCn1c2ccccc2c2cc(P(=Nc3ccccc3)(Oc3ccccc3)C(C)(C)C)ccc21. The fraction of sp³-hybridized carbons (Fsp3) is 0.200. The fourth-order valence-corrected chi connectivity index (χ4v) is 7.74. The van der Waals surface area contributed by atoms with Gasteiger partial charge in [0.25, 0.3) is 0 Å². The van der Waals surface area contributed by atoms with Crippen molar-refractivity contribution in [2.75, 3.05) is 0 Å². The lowest BCUT2D eigenvalue weighted by atomic mass is 10.1. The predicted octanol–water partition coefficient (Wildman–Crippen LogP) is 8.77. The molecule has 0 radical (unpaired) electrons. The van der Waals surface area contributed by atoms with E-state index in [-0.39, 0.29) is 5.16 Å². The maximum Gasteiger partial charge on any atom is 0.173 e. The summed E-state index contributed by atoms with van der Waals surface area (Å²) in [5, 5.41) is 3.45. The van der Waals surface area contributed by atoms with E-state index in [9.17, 15) is 0 Å². The molecule has 1 unspecified atom stereocenters. The lowest BCUT2D eigenvalue weighted by molar-refractivity contribution is 0.571. The third-order valence-electron chi connectivity index (χ3n) is 6.32. The topological polar surface area (TPSA) is 26.5 Å². The van der Waals surface area contributed by atoms with Crippen molar-refractivity contribution in [2.45, 2.75) is 39.4 Å². The van der Waals surface area contributed by atoms with E-state index in [1.54, 1.807) is 0 Å². The summed E-state index contributed by atoms with van der Waals surface area (Å²) >= 11 is 0. The minimum absolute atomic E-state index is 0.227. The molecule has 4 heteroatoms. The Labute approximate surface area is 202 Å². The second-order valence-corrected chi connectivity index (χ2v) is 12.9. The number of benzene rings is 4. The van der Waals surface area contributed by atoms with Crippen molar-refractivity contribution in [3.05, 3.63) is 103 Å². The highest BCUT2D eigenvalue weighted by molar-refractivity contribution is 7.71. The molecule has 0 amide bonds. The minimum Gasteiger partial charge on any atom is -0.455 e. The zero-order chi connectivity index (χ0) is 23.8. The third kappa shape index (κ3) is 3.85. The Hall–Kier alpha value is -3.29. The Bertz CT molecular complexity index is 1500. The molecule has 0 aliphatic carbocycles. The van der Waals surface area contributed by atoms with Gasteiger partial charge in [0.1, 0.15) is 5.75 Å². The zero-order valence-electron chi connectivity index (χ0n) is 20.3. The zero-order valence-corrected chi connectivity index (χ0v) is 21.2. The highest BCUT2D eigenvalue weighted by Gasteiger charge is 2.39. The molecule has 34 heavy (non-hydrogen) atoms. The van der Waals surface area contributed by atoms with Crippen molar-refractivity contribution in [1.82, 2.24) is 4.57 Å². The minimum atomic E-state index is -2.54. The lowest BCUT2D eigenvalue weighted by Gasteiger charge is -2.37. The van der Waals surface area contributed by atoms with Crippen LogP contribution in [0.3, 0.4) is 0 Å². The highest BCUT2D eigenvalue weighted by Crippen LogP contribution is 2.62. The summed E-state index contributed by atoms with van der Waals surface area (Å²) in [6.07, 6.45) is 0. The molecule has 5 aromatic rings. The van der Waals surface area contributed by atoms with Gasteiger partial charge >= 0.3 is 0 Å². The Morgan fingerprint density at radius 2 is 1.35 bits per heavy atom. The van der Waals surface area contributed by atoms with E-state index in [1.165, 1.54) is 21.8 Å². The van der Waals surface area contributed by atoms with Crippen LogP contribution in [0.1, 0.15) is 27.7 Å². The Kier molecular flexibility index (Phi) is 5.83. The molecule has 172 valence electrons. The fourth-order valence-electron chi connectivity index (χ4n) is 4.67. The van der Waals surface area contributed by atoms with Crippen molar-refractivity contribution < 1.29 is 4.52 Å². The van der Waals surface area contributed by atoms with Gasteiger partial charge in [-0.3, -0.25) is 0 Å². The summed E-state index contributed by atoms with van der Waals surface area (Å²) in [5.41, 5.74) is 3.46. The van der Waals surface area contributed by atoms with Gasteiger partial charge in [-0.25, -0.2) is 4.74 Å². The molecule has 1 atom stereocenters. The van der Waals surface area contributed by atoms with Crippen molar-refractivity contribution in [3.63, 3.8) is 0 Å². The van der Waals surface area contributed by atoms with E-state index in [4.69, 9.17) is 9.27 Å². The number of nitrogens with zero attached hydrogens (tertiary/aromatic N) is 2. The van der Waals surface area contributed by atoms with Crippen molar-refractivity contribution in [2.24, 2.45) is 4.74 Å². The van der Waals surface area contributed by atoms with Crippen LogP contribution < -0.4 is 9.83 Å². The normalized spacial score (nSPS) is 13.6. The molecule has 1 heterocycles. The standard InChI is InChI=1S/C30H31N2OP/c1-5-32-28-19-13-12-18-26(28)27-22-25(20-21-29(27)32)34(30(2,3)4,31-23-14-8-6-9-15-23)33-24-16-10-7-11-17-24/h6-22H,5H2,1-4H3. The van der Waals surface area contributed by atoms with Crippen molar-refractivity contribution in [3.8, 4) is 5.75 Å². The number of hydrogen-bond donors (Lipinski definition) is 0. The van der Waals surface area contributed by atoms with E-state index in [0.29, 0.717) is 0 Å². The van der Waals surface area contributed by atoms with Gasteiger partial charge in [-0.1, -0.05) is 75.4 Å². The molecule has 5 rings (SSSR count). The molecule has 0 saturated carbocycles. The summed E-state index contributed by atoms with van der Waals surface area (Å²) in [4.78, 5) is 0. The highest BCUT2D eigenvalue weighted by atomic mass is 31.2. The second kappa shape index (κ2) is 8.81.